The van der Waals surface area contributed by atoms with E-state index in [1.807, 2.05) is 9.80 Å². The van der Waals surface area contributed by atoms with E-state index in [0.29, 0.717) is 55.8 Å². The predicted molar refractivity (Wildman–Crippen MR) is 157 cm³/mol. The summed E-state index contributed by atoms with van der Waals surface area (Å²) in [6.07, 6.45) is 1.70. The van der Waals surface area contributed by atoms with E-state index in [2.05, 4.69) is 32.1 Å². The number of nitrogens with zero attached hydrogens (tertiary/aromatic N) is 6. The molecule has 1 atom stereocenters. The van der Waals surface area contributed by atoms with Crippen molar-refractivity contribution in [2.45, 2.75) is 44.9 Å². The number of carbonyl (C=O) groups is 2. The maximum absolute atomic E-state index is 13.5. The van der Waals surface area contributed by atoms with Crippen LogP contribution in [-0.2, 0) is 22.3 Å². The summed E-state index contributed by atoms with van der Waals surface area (Å²) in [6.45, 7) is 6.43. The lowest BCUT2D eigenvalue weighted by Gasteiger charge is -2.34. The van der Waals surface area contributed by atoms with Crippen molar-refractivity contribution in [1.29, 1.82) is 0 Å². The van der Waals surface area contributed by atoms with Crippen molar-refractivity contribution in [2.24, 2.45) is 0 Å². The minimum absolute atomic E-state index is 0.0927. The molecule has 43 heavy (non-hydrogen) atoms. The molecule has 2 fully saturated rings. The molecular formula is C29H34F3N7O3S. The molecule has 10 nitrogen and oxygen atoms in total. The van der Waals surface area contributed by atoms with Crippen LogP contribution in [0.1, 0.15) is 47.1 Å². The summed E-state index contributed by atoms with van der Waals surface area (Å²) >= 11 is 1.26. The lowest BCUT2D eigenvalue weighted by molar-refractivity contribution is -0.142. The molecule has 0 aliphatic carbocycles. The van der Waals surface area contributed by atoms with Gasteiger partial charge in [0.1, 0.15) is 11.5 Å². The summed E-state index contributed by atoms with van der Waals surface area (Å²) in [5, 5.41) is 3.05. The lowest BCUT2D eigenvalue weighted by Crippen LogP contribution is -2.48. The van der Waals surface area contributed by atoms with Gasteiger partial charge in [-0.2, -0.15) is 13.2 Å². The van der Waals surface area contributed by atoms with Crippen LogP contribution in [-0.4, -0.2) is 89.0 Å². The molecule has 2 aliphatic heterocycles. The number of esters is 1. The van der Waals surface area contributed by atoms with Gasteiger partial charge in [-0.25, -0.2) is 15.0 Å². The molecule has 1 amide bonds. The van der Waals surface area contributed by atoms with Crippen LogP contribution in [0.4, 0.5) is 24.1 Å². The van der Waals surface area contributed by atoms with E-state index in [0.717, 1.165) is 42.8 Å². The molecule has 14 heteroatoms. The molecule has 5 rings (SSSR count). The Labute approximate surface area is 251 Å². The first-order valence-corrected chi connectivity index (χ1v) is 15.0. The van der Waals surface area contributed by atoms with Crippen LogP contribution in [0.15, 0.2) is 36.7 Å². The summed E-state index contributed by atoms with van der Waals surface area (Å²) < 4.78 is 45.2. The molecule has 2 saturated heterocycles. The van der Waals surface area contributed by atoms with Crippen molar-refractivity contribution in [2.75, 3.05) is 56.6 Å². The number of thiazole rings is 1. The van der Waals surface area contributed by atoms with E-state index in [9.17, 15) is 22.8 Å². The average Bonchev–Trinajstić information content (AvgIpc) is 3.40. The molecule has 2 aliphatic rings. The monoisotopic (exact) mass is 617 g/mol. The zero-order valence-electron chi connectivity index (χ0n) is 24.1. The van der Waals surface area contributed by atoms with E-state index < -0.39 is 17.6 Å². The number of halogens is 3. The highest BCUT2D eigenvalue weighted by Crippen LogP contribution is 2.37. The number of carbonyl (C=O) groups excluding carboxylic acids is 2. The van der Waals surface area contributed by atoms with Crippen LogP contribution in [0.5, 0.6) is 0 Å². The quantitative estimate of drug-likeness (QED) is 0.365. The molecule has 1 aromatic carbocycles. The van der Waals surface area contributed by atoms with Gasteiger partial charge in [0.15, 0.2) is 5.13 Å². The fraction of sp³-hybridized carbons (Fsp3) is 0.483. The Hall–Kier alpha value is -3.62. The predicted octanol–water partition coefficient (Wildman–Crippen LogP) is 4.54. The summed E-state index contributed by atoms with van der Waals surface area (Å²) in [4.78, 5) is 45.0. The van der Waals surface area contributed by atoms with E-state index in [1.165, 1.54) is 36.9 Å². The number of anilines is 2. The van der Waals surface area contributed by atoms with Crippen LogP contribution < -0.4 is 10.2 Å². The SMILES string of the molecule is COC(=O)CN1CCN(c2cnc(C(=O)Nc3nc(-c4cccc(C(F)(F)F)c4)c(CN4CCCCC4C)s3)cn2)CC1. The third-order valence-electron chi connectivity index (χ3n) is 7.82. The highest BCUT2D eigenvalue weighted by molar-refractivity contribution is 7.16. The van der Waals surface area contributed by atoms with Gasteiger partial charge >= 0.3 is 12.1 Å². The van der Waals surface area contributed by atoms with Gasteiger partial charge < -0.3 is 9.64 Å². The zero-order chi connectivity index (χ0) is 30.6. The maximum Gasteiger partial charge on any atom is 0.416 e. The second-order valence-corrected chi connectivity index (χ2v) is 11.8. The number of methoxy groups -OCH3 is 1. The normalized spacial score (nSPS) is 18.4. The molecular weight excluding hydrogens is 583 g/mol. The fourth-order valence-corrected chi connectivity index (χ4v) is 6.31. The van der Waals surface area contributed by atoms with Crippen molar-refractivity contribution in [3.8, 4) is 11.3 Å². The third-order valence-corrected chi connectivity index (χ3v) is 8.77. The van der Waals surface area contributed by atoms with Crippen molar-refractivity contribution >= 4 is 34.2 Å². The van der Waals surface area contributed by atoms with Crippen molar-refractivity contribution in [3.05, 3.63) is 52.8 Å². The first kappa shape index (κ1) is 30.8. The number of benzene rings is 1. The first-order valence-electron chi connectivity index (χ1n) is 14.2. The van der Waals surface area contributed by atoms with Gasteiger partial charge in [-0.1, -0.05) is 29.9 Å². The second kappa shape index (κ2) is 13.3. The van der Waals surface area contributed by atoms with E-state index in [4.69, 9.17) is 4.74 Å². The Morgan fingerprint density at radius 3 is 2.56 bits per heavy atom. The number of piperazine rings is 1. The molecule has 0 spiro atoms. The zero-order valence-corrected chi connectivity index (χ0v) is 24.9. The number of nitrogens with one attached hydrogen (secondary N) is 1. The van der Waals surface area contributed by atoms with Crippen LogP contribution in [0.3, 0.4) is 0 Å². The Bertz CT molecular complexity index is 1430. The second-order valence-electron chi connectivity index (χ2n) is 10.7. The highest BCUT2D eigenvalue weighted by atomic mass is 32.1. The van der Waals surface area contributed by atoms with Crippen molar-refractivity contribution in [3.63, 3.8) is 0 Å². The van der Waals surface area contributed by atoms with Gasteiger partial charge in [-0.15, -0.1) is 0 Å². The Kier molecular flexibility index (Phi) is 9.57. The van der Waals surface area contributed by atoms with Crippen LogP contribution in [0, 0.1) is 0 Å². The Balaban J connectivity index is 1.30. The largest absolute Gasteiger partial charge is 0.468 e. The number of alkyl halides is 3. The van der Waals surface area contributed by atoms with Gasteiger partial charge in [-0.05, 0) is 38.4 Å². The summed E-state index contributed by atoms with van der Waals surface area (Å²) in [5.74, 6) is -0.170. The van der Waals surface area contributed by atoms with Crippen molar-refractivity contribution in [1.82, 2.24) is 24.8 Å². The van der Waals surface area contributed by atoms with Gasteiger partial charge in [0, 0.05) is 49.2 Å². The van der Waals surface area contributed by atoms with Crippen LogP contribution in [0.2, 0.25) is 0 Å². The number of rotatable bonds is 8. The molecule has 0 bridgehead atoms. The smallest absolute Gasteiger partial charge is 0.416 e. The summed E-state index contributed by atoms with van der Waals surface area (Å²) in [5.41, 5.74) is 0.121. The lowest BCUT2D eigenvalue weighted by atomic mass is 10.0. The fourth-order valence-electron chi connectivity index (χ4n) is 5.30. The first-order chi connectivity index (χ1) is 20.6. The van der Waals surface area contributed by atoms with E-state index >= 15 is 0 Å². The van der Waals surface area contributed by atoms with Gasteiger partial charge in [0.05, 0.1) is 37.3 Å². The minimum Gasteiger partial charge on any atom is -0.468 e. The highest BCUT2D eigenvalue weighted by Gasteiger charge is 2.31. The molecule has 0 saturated carbocycles. The maximum atomic E-state index is 13.5. The van der Waals surface area contributed by atoms with Crippen LogP contribution in [0.25, 0.3) is 11.3 Å². The Morgan fingerprint density at radius 1 is 1.09 bits per heavy atom. The van der Waals surface area contributed by atoms with E-state index in [-0.39, 0.29) is 23.3 Å². The topological polar surface area (TPSA) is 104 Å². The molecule has 1 N–H and O–H groups in total. The molecule has 0 radical (unpaired) electrons. The minimum atomic E-state index is -4.48. The van der Waals surface area contributed by atoms with Gasteiger partial charge in [0.2, 0.25) is 0 Å². The van der Waals surface area contributed by atoms with E-state index in [1.54, 1.807) is 6.07 Å². The average molecular weight is 618 g/mol. The molecule has 2 aromatic heterocycles. The van der Waals surface area contributed by atoms with Crippen LogP contribution >= 0.6 is 11.3 Å². The molecule has 1 unspecified atom stereocenters. The van der Waals surface area contributed by atoms with Gasteiger partial charge in [0.25, 0.3) is 5.91 Å². The number of aromatic nitrogens is 3. The number of amides is 1. The van der Waals surface area contributed by atoms with Crippen molar-refractivity contribution < 1.29 is 27.5 Å². The number of ether oxygens (including phenoxy) is 1. The summed E-state index contributed by atoms with van der Waals surface area (Å²) in [7, 11) is 1.37. The number of piperidine rings is 1. The van der Waals surface area contributed by atoms with Gasteiger partial charge in [-0.3, -0.25) is 24.7 Å². The number of hydrogen-bond donors (Lipinski definition) is 1. The third kappa shape index (κ3) is 7.67. The standard InChI is InChI=1S/C29H34F3N7O3S/c1-19-6-3-4-9-39(19)17-23-26(20-7-5-8-21(14-20)29(30,31)32)35-28(43-23)36-27(41)22-15-34-24(16-33-22)38-12-10-37(11-13-38)18-25(40)42-2/h5,7-8,14-16,19H,3-4,6,9-13,17-18H2,1-2H3,(H,35,36,41). The molecule has 4 heterocycles. The Morgan fingerprint density at radius 2 is 1.88 bits per heavy atom. The number of likely N-dealkylation sites (tertiary alicyclic amines) is 1. The number of hydrogen-bond acceptors (Lipinski definition) is 10. The molecule has 230 valence electrons. The molecule has 3 aromatic rings. The summed E-state index contributed by atoms with van der Waals surface area (Å²) in [6, 6.07) is 5.46.